The maximum absolute atomic E-state index is 12.2. The van der Waals surface area contributed by atoms with Gasteiger partial charge in [-0.15, -0.1) is 6.42 Å². The molecule has 1 amide bonds. The summed E-state index contributed by atoms with van der Waals surface area (Å²) in [6.45, 7) is -0.331. The van der Waals surface area contributed by atoms with E-state index >= 15 is 0 Å². The molecule has 1 saturated heterocycles. The molecule has 0 unspecified atom stereocenters. The van der Waals surface area contributed by atoms with E-state index in [2.05, 4.69) is 5.92 Å². The van der Waals surface area contributed by atoms with Crippen LogP contribution in [0.2, 0.25) is 0 Å². The molecule has 1 N–H and O–H groups in total. The Morgan fingerprint density at radius 3 is 2.91 bits per heavy atom. The number of carboxylic acid groups (broad SMARTS) is 1. The van der Waals surface area contributed by atoms with Crippen LogP contribution in [0.4, 0.5) is 0 Å². The molecule has 112 valence electrons. The van der Waals surface area contributed by atoms with Crippen LogP contribution >= 0.6 is 24.0 Å². The fourth-order valence-corrected chi connectivity index (χ4v) is 3.01. The summed E-state index contributed by atoms with van der Waals surface area (Å²) >= 11 is 6.10. The monoisotopic (exact) mass is 333 g/mol. The minimum Gasteiger partial charge on any atom is -0.480 e. The Labute approximate surface area is 136 Å². The Kier molecular flexibility index (Phi) is 5.20. The van der Waals surface area contributed by atoms with Crippen molar-refractivity contribution in [3.8, 4) is 18.1 Å². The van der Waals surface area contributed by atoms with Gasteiger partial charge in [0.15, 0.2) is 0 Å². The Morgan fingerprint density at radius 1 is 1.50 bits per heavy atom. The lowest BCUT2D eigenvalue weighted by atomic mass is 10.2. The number of thiocarbonyl (C=S) groups is 1. The third-order valence-electron chi connectivity index (χ3n) is 2.68. The summed E-state index contributed by atoms with van der Waals surface area (Å²) in [7, 11) is 0. The van der Waals surface area contributed by atoms with Crippen molar-refractivity contribution < 1.29 is 19.4 Å². The second kappa shape index (κ2) is 7.11. The molecule has 0 aliphatic carbocycles. The van der Waals surface area contributed by atoms with Gasteiger partial charge in [0.25, 0.3) is 5.91 Å². The van der Waals surface area contributed by atoms with E-state index < -0.39 is 18.4 Å². The first-order valence-corrected chi connectivity index (χ1v) is 7.38. The first kappa shape index (κ1) is 16.1. The lowest BCUT2D eigenvalue weighted by Gasteiger charge is -2.10. The van der Waals surface area contributed by atoms with Gasteiger partial charge in [-0.1, -0.05) is 48.1 Å². The minimum absolute atomic E-state index is 0.116. The Morgan fingerprint density at radius 2 is 2.23 bits per heavy atom. The molecule has 0 saturated carbocycles. The van der Waals surface area contributed by atoms with Crippen LogP contribution in [-0.4, -0.2) is 39.4 Å². The van der Waals surface area contributed by atoms with Crippen molar-refractivity contribution >= 4 is 46.3 Å². The number of benzene rings is 1. The van der Waals surface area contributed by atoms with Gasteiger partial charge in [0.05, 0.1) is 4.91 Å². The smallest absolute Gasteiger partial charge is 0.323 e. The quantitative estimate of drug-likeness (QED) is 0.505. The molecule has 1 aliphatic rings. The van der Waals surface area contributed by atoms with E-state index in [1.54, 1.807) is 30.3 Å². The molecule has 1 aromatic carbocycles. The summed E-state index contributed by atoms with van der Waals surface area (Å²) in [6.07, 6.45) is 6.78. The number of hydrogen-bond donors (Lipinski definition) is 1. The number of para-hydroxylation sites is 1. The summed E-state index contributed by atoms with van der Waals surface area (Å²) in [6, 6.07) is 7.10. The van der Waals surface area contributed by atoms with Gasteiger partial charge in [-0.05, 0) is 12.1 Å². The molecule has 1 aliphatic heterocycles. The molecule has 0 radical (unpaired) electrons. The van der Waals surface area contributed by atoms with Crippen molar-refractivity contribution in [1.29, 1.82) is 0 Å². The fourth-order valence-electron chi connectivity index (χ4n) is 1.76. The van der Waals surface area contributed by atoms with Gasteiger partial charge in [0.2, 0.25) is 0 Å². The SMILES string of the molecule is C#CCOc1ccccc1C=C1SC(=S)N(CC(=O)O)C1=O. The molecule has 1 fully saturated rings. The molecule has 7 heteroatoms. The van der Waals surface area contributed by atoms with E-state index in [0.29, 0.717) is 16.2 Å². The lowest BCUT2D eigenvalue weighted by molar-refractivity contribution is -0.140. The van der Waals surface area contributed by atoms with Crippen molar-refractivity contribution in [2.75, 3.05) is 13.2 Å². The van der Waals surface area contributed by atoms with E-state index in [9.17, 15) is 9.59 Å². The third kappa shape index (κ3) is 3.67. The summed E-state index contributed by atoms with van der Waals surface area (Å²) in [4.78, 5) is 24.4. The number of amides is 1. The van der Waals surface area contributed by atoms with Crippen LogP contribution in [0.3, 0.4) is 0 Å². The van der Waals surface area contributed by atoms with Crippen LogP contribution in [0, 0.1) is 12.3 Å². The van der Waals surface area contributed by atoms with Crippen molar-refractivity contribution in [1.82, 2.24) is 4.90 Å². The molecule has 0 aromatic heterocycles. The van der Waals surface area contributed by atoms with E-state index in [1.165, 1.54) is 0 Å². The van der Waals surface area contributed by atoms with E-state index in [1.807, 2.05) is 0 Å². The molecule has 0 atom stereocenters. The van der Waals surface area contributed by atoms with E-state index in [4.69, 9.17) is 28.5 Å². The van der Waals surface area contributed by atoms with Gasteiger partial charge in [-0.25, -0.2) is 0 Å². The number of nitrogens with zero attached hydrogens (tertiary/aromatic N) is 1. The largest absolute Gasteiger partial charge is 0.480 e. The number of carbonyl (C=O) groups is 2. The molecule has 2 rings (SSSR count). The van der Waals surface area contributed by atoms with E-state index in [-0.39, 0.29) is 10.9 Å². The number of hydrogen-bond acceptors (Lipinski definition) is 5. The van der Waals surface area contributed by atoms with Crippen LogP contribution in [0.1, 0.15) is 5.56 Å². The summed E-state index contributed by atoms with van der Waals surface area (Å²) < 4.78 is 5.63. The van der Waals surface area contributed by atoms with Gasteiger partial charge < -0.3 is 9.84 Å². The van der Waals surface area contributed by atoms with Crippen molar-refractivity contribution in [2.24, 2.45) is 0 Å². The average Bonchev–Trinajstić information content (AvgIpc) is 2.73. The Balaban J connectivity index is 2.27. The van der Waals surface area contributed by atoms with Crippen LogP contribution < -0.4 is 4.74 Å². The van der Waals surface area contributed by atoms with Gasteiger partial charge in [-0.2, -0.15) is 0 Å². The fraction of sp³-hybridized carbons (Fsp3) is 0.133. The molecular weight excluding hydrogens is 322 g/mol. The number of carboxylic acids is 1. The average molecular weight is 333 g/mol. The Hall–Kier alpha value is -2.30. The van der Waals surface area contributed by atoms with Crippen molar-refractivity contribution in [2.45, 2.75) is 0 Å². The number of thioether (sulfide) groups is 1. The molecule has 1 aromatic rings. The number of ether oxygens (including phenoxy) is 1. The zero-order chi connectivity index (χ0) is 16.1. The molecule has 0 bridgehead atoms. The van der Waals surface area contributed by atoms with Gasteiger partial charge in [0, 0.05) is 5.56 Å². The number of rotatable bonds is 5. The third-order valence-corrected chi connectivity index (χ3v) is 4.06. The van der Waals surface area contributed by atoms with Gasteiger partial charge in [-0.3, -0.25) is 14.5 Å². The lowest BCUT2D eigenvalue weighted by Crippen LogP contribution is -2.33. The molecule has 0 spiro atoms. The van der Waals surface area contributed by atoms with E-state index in [0.717, 1.165) is 16.7 Å². The topological polar surface area (TPSA) is 66.8 Å². The highest BCUT2D eigenvalue weighted by molar-refractivity contribution is 8.26. The second-order valence-electron chi connectivity index (χ2n) is 4.19. The first-order valence-electron chi connectivity index (χ1n) is 6.15. The highest BCUT2D eigenvalue weighted by Gasteiger charge is 2.33. The standard InChI is InChI=1S/C15H11NO4S2/c1-2-7-20-11-6-4-3-5-10(11)8-12-14(19)16(9-13(17)18)15(21)22-12/h1,3-6,8H,7,9H2,(H,17,18). The molecular formula is C15H11NO4S2. The number of terminal acetylenes is 1. The maximum Gasteiger partial charge on any atom is 0.323 e. The first-order chi connectivity index (χ1) is 10.5. The molecule has 1 heterocycles. The summed E-state index contributed by atoms with van der Waals surface area (Å²) in [5.41, 5.74) is 0.675. The zero-order valence-corrected chi connectivity index (χ0v) is 12.9. The van der Waals surface area contributed by atoms with Crippen molar-refractivity contribution in [3.05, 3.63) is 34.7 Å². The van der Waals surface area contributed by atoms with Crippen LogP contribution in [0.25, 0.3) is 6.08 Å². The van der Waals surface area contributed by atoms with Crippen LogP contribution in [0.5, 0.6) is 5.75 Å². The van der Waals surface area contributed by atoms with Gasteiger partial charge >= 0.3 is 5.97 Å². The van der Waals surface area contributed by atoms with Gasteiger partial charge in [0.1, 0.15) is 23.2 Å². The highest BCUT2D eigenvalue weighted by Crippen LogP contribution is 2.34. The minimum atomic E-state index is -1.12. The highest BCUT2D eigenvalue weighted by atomic mass is 32.2. The molecule has 22 heavy (non-hydrogen) atoms. The number of aliphatic carboxylic acids is 1. The maximum atomic E-state index is 12.2. The van der Waals surface area contributed by atoms with Crippen LogP contribution in [-0.2, 0) is 9.59 Å². The zero-order valence-electron chi connectivity index (χ0n) is 11.3. The predicted octanol–water partition coefficient (Wildman–Crippen LogP) is 1.98. The summed E-state index contributed by atoms with van der Waals surface area (Å²) in [5, 5.41) is 8.81. The summed E-state index contributed by atoms with van der Waals surface area (Å²) in [5.74, 6) is 1.38. The second-order valence-corrected chi connectivity index (χ2v) is 5.87. The molecule has 5 nitrogen and oxygen atoms in total. The normalized spacial score (nSPS) is 16.0. The van der Waals surface area contributed by atoms with Crippen molar-refractivity contribution in [3.63, 3.8) is 0 Å². The predicted molar refractivity (Wildman–Crippen MR) is 88.3 cm³/mol. The number of carbonyl (C=O) groups excluding carboxylic acids is 1. The van der Waals surface area contributed by atoms with Crippen LogP contribution in [0.15, 0.2) is 29.2 Å². The Bertz CT molecular complexity index is 706.